The maximum Gasteiger partial charge on any atom is 0.333 e. The normalized spacial score (nSPS) is 11.2. The second-order valence-corrected chi connectivity index (χ2v) is 13.1. The number of hydrogen-bond acceptors (Lipinski definition) is 3. The summed E-state index contributed by atoms with van der Waals surface area (Å²) < 4.78 is 3.52. The van der Waals surface area contributed by atoms with E-state index >= 15 is 0 Å². The van der Waals surface area contributed by atoms with Gasteiger partial charge in [-0.05, 0) is 52.1 Å². The van der Waals surface area contributed by atoms with Gasteiger partial charge in [0, 0.05) is 29.3 Å². The molecule has 5 nitrogen and oxygen atoms in total. The Morgan fingerprint density at radius 1 is 0.415 bits per heavy atom. The zero-order chi connectivity index (χ0) is 35.7. The second-order valence-electron chi connectivity index (χ2n) is 13.1. The molecule has 7 aromatic carbocycles. The largest absolute Gasteiger partial charge is 0.333 e. The number of aryl methyl sites for hydroxylation is 1. The molecule has 2 heterocycles. The van der Waals surface area contributed by atoms with E-state index in [2.05, 4.69) is 121 Å². The van der Waals surface area contributed by atoms with Gasteiger partial charge in [0.15, 0.2) is 5.82 Å². The highest BCUT2D eigenvalue weighted by molar-refractivity contribution is 5.94. The lowest BCUT2D eigenvalue weighted by atomic mass is 9.96. The number of para-hydroxylation sites is 2. The molecule has 9 aromatic rings. The Bertz CT molecular complexity index is 2770. The van der Waals surface area contributed by atoms with Crippen molar-refractivity contribution in [1.29, 1.82) is 0 Å². The molecule has 0 spiro atoms. The highest BCUT2D eigenvalue weighted by Gasteiger charge is 2.17. The molecular weight excluding hydrogens is 649 g/mol. The van der Waals surface area contributed by atoms with Crippen LogP contribution < -0.4 is 5.69 Å². The van der Waals surface area contributed by atoms with Crippen molar-refractivity contribution in [2.24, 2.45) is 7.05 Å². The topological polar surface area (TPSA) is 52.7 Å². The van der Waals surface area contributed by atoms with Gasteiger partial charge in [-0.25, -0.2) is 14.8 Å². The van der Waals surface area contributed by atoms with Crippen LogP contribution in [0.1, 0.15) is 0 Å². The van der Waals surface area contributed by atoms with Crippen LogP contribution in [0, 0.1) is 0 Å². The van der Waals surface area contributed by atoms with Gasteiger partial charge in [-0.1, -0.05) is 164 Å². The van der Waals surface area contributed by atoms with E-state index in [1.165, 1.54) is 0 Å². The van der Waals surface area contributed by atoms with Gasteiger partial charge in [-0.15, -0.1) is 0 Å². The summed E-state index contributed by atoms with van der Waals surface area (Å²) in [7, 11) is 1.84. The minimum absolute atomic E-state index is 0.0672. The fraction of sp³-hybridized carbons (Fsp3) is 0.0208. The number of imidazole rings is 1. The second kappa shape index (κ2) is 13.5. The molecule has 2 aromatic heterocycles. The van der Waals surface area contributed by atoms with Crippen molar-refractivity contribution in [1.82, 2.24) is 19.1 Å². The monoisotopic (exact) mass is 682 g/mol. The predicted octanol–water partition coefficient (Wildman–Crippen LogP) is 11.1. The first-order valence-corrected chi connectivity index (χ1v) is 17.7. The van der Waals surface area contributed by atoms with E-state index in [9.17, 15) is 4.79 Å². The van der Waals surface area contributed by atoms with E-state index in [4.69, 9.17) is 9.97 Å². The summed E-state index contributed by atoms with van der Waals surface area (Å²) in [6, 6.07) is 64.1. The molecule has 252 valence electrons. The highest BCUT2D eigenvalue weighted by Crippen LogP contribution is 2.35. The fourth-order valence-electron chi connectivity index (χ4n) is 7.17. The first-order valence-electron chi connectivity index (χ1n) is 17.7. The minimum Gasteiger partial charge on any atom is -0.294 e. The van der Waals surface area contributed by atoms with E-state index in [0.29, 0.717) is 5.82 Å². The number of benzene rings is 7. The molecule has 53 heavy (non-hydrogen) atoms. The minimum atomic E-state index is -0.0672. The van der Waals surface area contributed by atoms with Crippen LogP contribution in [-0.4, -0.2) is 19.1 Å². The lowest BCUT2D eigenvalue weighted by Gasteiger charge is -2.13. The third-order valence-corrected chi connectivity index (χ3v) is 9.84. The summed E-state index contributed by atoms with van der Waals surface area (Å²) in [6.45, 7) is 0. The number of aromatic nitrogens is 4. The first kappa shape index (κ1) is 31.8. The maximum absolute atomic E-state index is 13.4. The van der Waals surface area contributed by atoms with Crippen LogP contribution in [-0.2, 0) is 7.05 Å². The molecule has 0 amide bonds. The lowest BCUT2D eigenvalue weighted by molar-refractivity contribution is 0.847. The summed E-state index contributed by atoms with van der Waals surface area (Å²) in [5, 5.41) is 0. The molecule has 0 atom stereocenters. The van der Waals surface area contributed by atoms with Crippen LogP contribution in [0.4, 0.5) is 0 Å². The zero-order valence-electron chi connectivity index (χ0n) is 29.1. The Balaban J connectivity index is 1.06. The summed E-state index contributed by atoms with van der Waals surface area (Å²) >= 11 is 0. The van der Waals surface area contributed by atoms with Crippen molar-refractivity contribution in [3.8, 4) is 73.0 Å². The number of hydrogen-bond donors (Lipinski definition) is 0. The summed E-state index contributed by atoms with van der Waals surface area (Å²) in [4.78, 5) is 23.6. The van der Waals surface area contributed by atoms with Gasteiger partial charge in [0.25, 0.3) is 0 Å². The van der Waals surface area contributed by atoms with Crippen LogP contribution in [0.25, 0.3) is 84.0 Å². The van der Waals surface area contributed by atoms with E-state index in [1.807, 2.05) is 73.8 Å². The van der Waals surface area contributed by atoms with E-state index in [-0.39, 0.29) is 5.69 Å². The first-order chi connectivity index (χ1) is 26.1. The van der Waals surface area contributed by atoms with Crippen molar-refractivity contribution in [2.45, 2.75) is 0 Å². The van der Waals surface area contributed by atoms with Crippen LogP contribution in [0.15, 0.2) is 193 Å². The van der Waals surface area contributed by atoms with Gasteiger partial charge in [0.2, 0.25) is 0 Å². The molecule has 0 unspecified atom stereocenters. The van der Waals surface area contributed by atoms with Gasteiger partial charge < -0.3 is 0 Å². The third kappa shape index (κ3) is 5.94. The third-order valence-electron chi connectivity index (χ3n) is 9.84. The van der Waals surface area contributed by atoms with Crippen molar-refractivity contribution >= 4 is 11.0 Å². The van der Waals surface area contributed by atoms with Gasteiger partial charge in [0.05, 0.1) is 28.1 Å². The SMILES string of the molecule is Cn1c(=O)n(-c2ccccc2)c2cccc(-c3ccc(-c4ccc(-c5cc(-c6ccccc6-c6ccccc6)nc(-c6ccccc6)n5)cc4)cc3)c21. The number of rotatable bonds is 7. The standard InChI is InChI=1S/C48H34N4O/c1-51-46-41(22-13-23-45(46)52(48(51)53)39-18-9-4-10-19-39)36-28-24-33(25-29-36)34-26-30-37(31-27-34)43-32-44(50-47(49-43)38-16-7-3-8-17-38)42-21-12-11-20-40(42)35-14-5-2-6-15-35/h2-32H,1H3. The van der Waals surface area contributed by atoms with Crippen LogP contribution in [0.2, 0.25) is 0 Å². The smallest absolute Gasteiger partial charge is 0.294 e. The van der Waals surface area contributed by atoms with Gasteiger partial charge in [-0.3, -0.25) is 9.13 Å². The molecule has 0 bridgehead atoms. The Kier molecular flexibility index (Phi) is 8.14. The van der Waals surface area contributed by atoms with Gasteiger partial charge in [-0.2, -0.15) is 0 Å². The van der Waals surface area contributed by atoms with Crippen molar-refractivity contribution in [3.63, 3.8) is 0 Å². The highest BCUT2D eigenvalue weighted by atomic mass is 16.1. The maximum atomic E-state index is 13.4. The van der Waals surface area contributed by atoms with E-state index in [1.54, 1.807) is 9.13 Å². The van der Waals surface area contributed by atoms with Gasteiger partial charge >= 0.3 is 5.69 Å². The molecular formula is C48H34N4O. The van der Waals surface area contributed by atoms with E-state index in [0.717, 1.165) is 78.2 Å². The molecule has 0 aliphatic rings. The molecule has 0 aliphatic heterocycles. The van der Waals surface area contributed by atoms with Crippen molar-refractivity contribution < 1.29 is 0 Å². The predicted molar refractivity (Wildman–Crippen MR) is 217 cm³/mol. The quantitative estimate of drug-likeness (QED) is 0.168. The number of fused-ring (bicyclic) bond motifs is 1. The molecule has 0 radical (unpaired) electrons. The van der Waals surface area contributed by atoms with Crippen LogP contribution >= 0.6 is 0 Å². The Hall–Kier alpha value is -7.11. The molecule has 0 saturated heterocycles. The molecule has 0 aliphatic carbocycles. The van der Waals surface area contributed by atoms with Crippen LogP contribution in [0.3, 0.4) is 0 Å². The van der Waals surface area contributed by atoms with Crippen molar-refractivity contribution in [3.05, 3.63) is 199 Å². The average molecular weight is 683 g/mol. The molecule has 0 fully saturated rings. The van der Waals surface area contributed by atoms with Gasteiger partial charge in [0.1, 0.15) is 0 Å². The van der Waals surface area contributed by atoms with Crippen LogP contribution in [0.5, 0.6) is 0 Å². The zero-order valence-corrected chi connectivity index (χ0v) is 29.1. The summed E-state index contributed by atoms with van der Waals surface area (Å²) in [6.07, 6.45) is 0. The number of nitrogens with zero attached hydrogens (tertiary/aromatic N) is 4. The Morgan fingerprint density at radius 2 is 0.906 bits per heavy atom. The van der Waals surface area contributed by atoms with E-state index < -0.39 is 0 Å². The summed E-state index contributed by atoms with van der Waals surface area (Å²) in [5.41, 5.74) is 13.9. The molecule has 9 rings (SSSR count). The molecule has 0 saturated carbocycles. The average Bonchev–Trinajstić information content (AvgIpc) is 3.50. The lowest BCUT2D eigenvalue weighted by Crippen LogP contribution is -2.20. The Morgan fingerprint density at radius 3 is 1.57 bits per heavy atom. The summed E-state index contributed by atoms with van der Waals surface area (Å²) in [5.74, 6) is 0.687. The van der Waals surface area contributed by atoms with Crippen molar-refractivity contribution in [2.75, 3.05) is 0 Å². The Labute approximate surface area is 307 Å². The molecule has 0 N–H and O–H groups in total. The fourth-order valence-corrected chi connectivity index (χ4v) is 7.17. The molecule has 5 heteroatoms.